The smallest absolute Gasteiger partial charge is 0.338 e. The molecule has 0 spiro atoms. The van der Waals surface area contributed by atoms with Crippen LogP contribution in [0.2, 0.25) is 0 Å². The maximum absolute atomic E-state index is 13.2. The van der Waals surface area contributed by atoms with Crippen molar-refractivity contribution in [2.75, 3.05) is 18.0 Å². The minimum atomic E-state index is -3.51. The molecule has 1 aromatic rings. The number of allylic oxidation sites excluding steroid dienone is 1. The number of carbonyl (C=O) groups is 1. The van der Waals surface area contributed by atoms with Gasteiger partial charge in [-0.25, -0.2) is 13.2 Å². The van der Waals surface area contributed by atoms with Crippen LogP contribution in [0, 0.1) is 0 Å². The van der Waals surface area contributed by atoms with Gasteiger partial charge in [-0.2, -0.15) is 0 Å². The summed E-state index contributed by atoms with van der Waals surface area (Å²) in [7, 11) is -2.19. The van der Waals surface area contributed by atoms with Crippen LogP contribution in [0.1, 0.15) is 48.0 Å². The Morgan fingerprint density at radius 3 is 2.71 bits per heavy atom. The number of ether oxygens (including phenoxy) is 1. The first-order chi connectivity index (χ1) is 11.3. The third kappa shape index (κ3) is 2.49. The second-order valence-electron chi connectivity index (χ2n) is 6.49. The van der Waals surface area contributed by atoms with Gasteiger partial charge in [-0.05, 0) is 37.0 Å². The number of hydrogen-bond donors (Lipinski definition) is 0. The van der Waals surface area contributed by atoms with E-state index in [1.54, 1.807) is 18.2 Å². The van der Waals surface area contributed by atoms with Crippen molar-refractivity contribution in [2.45, 2.75) is 36.9 Å². The van der Waals surface area contributed by atoms with Gasteiger partial charge in [0.2, 0.25) is 10.0 Å². The van der Waals surface area contributed by atoms with E-state index >= 15 is 0 Å². The maximum atomic E-state index is 13.2. The topological polar surface area (TPSA) is 63.7 Å². The van der Waals surface area contributed by atoms with Gasteiger partial charge in [0.1, 0.15) is 0 Å². The van der Waals surface area contributed by atoms with Gasteiger partial charge in [-0.1, -0.05) is 28.9 Å². The molecule has 0 bridgehead atoms. The van der Waals surface area contributed by atoms with Crippen LogP contribution in [0.3, 0.4) is 0 Å². The molecule has 0 amide bonds. The van der Waals surface area contributed by atoms with E-state index in [2.05, 4.69) is 22.5 Å². The number of halogens is 1. The second-order valence-corrected chi connectivity index (χ2v) is 9.66. The van der Waals surface area contributed by atoms with Gasteiger partial charge in [0.15, 0.2) is 0 Å². The Morgan fingerprint density at radius 1 is 1.50 bits per heavy atom. The number of nitrogens with zero attached hydrogens (tertiary/aromatic N) is 1. The lowest BCUT2D eigenvalue weighted by Crippen LogP contribution is -2.39. The van der Waals surface area contributed by atoms with Crippen LogP contribution in [0.5, 0.6) is 0 Å². The highest BCUT2D eigenvalue weighted by atomic mass is 79.9. The van der Waals surface area contributed by atoms with Gasteiger partial charge >= 0.3 is 5.97 Å². The minimum Gasteiger partial charge on any atom is -0.465 e. The third-order valence-corrected chi connectivity index (χ3v) is 7.94. The molecule has 0 aromatic heterocycles. The molecule has 3 rings (SSSR count). The van der Waals surface area contributed by atoms with Crippen molar-refractivity contribution >= 4 is 37.6 Å². The summed E-state index contributed by atoms with van der Waals surface area (Å²) in [6.07, 6.45) is 3.43. The fraction of sp³-hybridized carbons (Fsp3) is 0.471. The summed E-state index contributed by atoms with van der Waals surface area (Å²) in [5, 5.41) is 0. The summed E-state index contributed by atoms with van der Waals surface area (Å²) in [5.41, 5.74) is 1.73. The molecule has 5 nitrogen and oxygen atoms in total. The molecular formula is C17H20BrNO4S. The first kappa shape index (κ1) is 17.5. The lowest BCUT2D eigenvalue weighted by molar-refractivity contribution is 0.0599. The fourth-order valence-electron chi connectivity index (χ4n) is 3.48. The number of rotatable bonds is 5. The molecule has 0 saturated heterocycles. The van der Waals surface area contributed by atoms with Crippen LogP contribution in [0.25, 0.3) is 0 Å². The van der Waals surface area contributed by atoms with E-state index in [9.17, 15) is 13.2 Å². The minimum absolute atomic E-state index is 0.0727. The average Bonchev–Trinajstić information content (AvgIpc) is 3.25. The molecule has 0 radical (unpaired) electrons. The van der Waals surface area contributed by atoms with Crippen molar-refractivity contribution in [2.24, 2.45) is 0 Å². The van der Waals surface area contributed by atoms with Gasteiger partial charge in [-0.15, -0.1) is 6.58 Å². The van der Waals surface area contributed by atoms with E-state index in [1.807, 2.05) is 6.92 Å². The van der Waals surface area contributed by atoms with Crippen LogP contribution in [0.15, 0.2) is 29.3 Å². The Labute approximate surface area is 150 Å². The normalized spacial score (nSPS) is 21.3. The van der Waals surface area contributed by atoms with Crippen molar-refractivity contribution in [3.8, 4) is 0 Å². The zero-order chi connectivity index (χ0) is 17.7. The lowest BCUT2D eigenvalue weighted by atomic mass is 9.97. The SMILES string of the molecule is C=CCC1(S(=O)(=O)N2CC(C)c3c(C(=O)OC)cc(Br)cc32)CC1. The van der Waals surface area contributed by atoms with E-state index in [0.29, 0.717) is 41.5 Å². The number of benzene rings is 1. The second kappa shape index (κ2) is 5.88. The van der Waals surface area contributed by atoms with Gasteiger partial charge in [0.25, 0.3) is 0 Å². The quantitative estimate of drug-likeness (QED) is 0.546. The number of fused-ring (bicyclic) bond motifs is 1. The summed E-state index contributed by atoms with van der Waals surface area (Å²) in [5.74, 6) is -0.526. The molecule has 1 aromatic carbocycles. The summed E-state index contributed by atoms with van der Waals surface area (Å²) in [6, 6.07) is 3.46. The van der Waals surface area contributed by atoms with E-state index in [1.165, 1.54) is 11.4 Å². The largest absolute Gasteiger partial charge is 0.465 e. The van der Waals surface area contributed by atoms with E-state index in [0.717, 1.165) is 5.56 Å². The molecule has 7 heteroatoms. The summed E-state index contributed by atoms with van der Waals surface area (Å²) < 4.78 is 32.7. The van der Waals surface area contributed by atoms with Crippen molar-refractivity contribution in [1.29, 1.82) is 0 Å². The van der Waals surface area contributed by atoms with Crippen LogP contribution < -0.4 is 4.31 Å². The predicted molar refractivity (Wildman–Crippen MR) is 96.9 cm³/mol. The average molecular weight is 414 g/mol. The number of hydrogen-bond acceptors (Lipinski definition) is 4. The number of methoxy groups -OCH3 is 1. The summed E-state index contributed by atoms with van der Waals surface area (Å²) in [4.78, 5) is 12.1. The van der Waals surface area contributed by atoms with Gasteiger partial charge in [0.05, 0.1) is 23.1 Å². The first-order valence-corrected chi connectivity index (χ1v) is 10.1. The Balaban J connectivity index is 2.13. The zero-order valence-electron chi connectivity index (χ0n) is 13.7. The number of anilines is 1. The highest BCUT2D eigenvalue weighted by Crippen LogP contribution is 2.52. The molecule has 130 valence electrons. The molecule has 2 aliphatic rings. The monoisotopic (exact) mass is 413 g/mol. The number of esters is 1. The lowest BCUT2D eigenvalue weighted by Gasteiger charge is -2.26. The molecule has 1 aliphatic heterocycles. The fourth-order valence-corrected chi connectivity index (χ4v) is 6.17. The molecule has 1 fully saturated rings. The Hall–Kier alpha value is -1.34. The van der Waals surface area contributed by atoms with Crippen LogP contribution in [0.4, 0.5) is 5.69 Å². The van der Waals surface area contributed by atoms with Crippen molar-refractivity contribution in [3.05, 3.63) is 40.4 Å². The van der Waals surface area contributed by atoms with Crippen LogP contribution in [-0.4, -0.2) is 32.8 Å². The Bertz CT molecular complexity index is 814. The molecule has 1 unspecified atom stereocenters. The Morgan fingerprint density at radius 2 is 2.17 bits per heavy atom. The van der Waals surface area contributed by atoms with Crippen molar-refractivity contribution in [3.63, 3.8) is 0 Å². The maximum Gasteiger partial charge on any atom is 0.338 e. The molecule has 1 heterocycles. The van der Waals surface area contributed by atoms with Crippen LogP contribution >= 0.6 is 15.9 Å². The van der Waals surface area contributed by atoms with Gasteiger partial charge < -0.3 is 4.74 Å². The number of sulfonamides is 1. The van der Waals surface area contributed by atoms with E-state index in [-0.39, 0.29) is 5.92 Å². The molecule has 0 N–H and O–H groups in total. The van der Waals surface area contributed by atoms with E-state index in [4.69, 9.17) is 4.74 Å². The highest BCUT2D eigenvalue weighted by molar-refractivity contribution is 9.10. The third-order valence-electron chi connectivity index (χ3n) is 4.89. The van der Waals surface area contributed by atoms with Crippen LogP contribution in [-0.2, 0) is 14.8 Å². The number of carbonyl (C=O) groups excluding carboxylic acids is 1. The van der Waals surface area contributed by atoms with Crippen molar-refractivity contribution in [1.82, 2.24) is 0 Å². The molecule has 1 atom stereocenters. The molecule has 24 heavy (non-hydrogen) atoms. The first-order valence-electron chi connectivity index (χ1n) is 7.82. The Kier molecular flexibility index (Phi) is 4.28. The summed E-state index contributed by atoms with van der Waals surface area (Å²) >= 11 is 3.38. The predicted octanol–water partition coefficient (Wildman–Crippen LogP) is 3.60. The standard InChI is InChI=1S/C17H20BrNO4S/c1-4-5-17(6-7-17)24(21,22)19-10-11(2)15-13(16(20)23-3)8-12(18)9-14(15)19/h4,8-9,11H,1,5-7,10H2,2-3H3. The van der Waals surface area contributed by atoms with Gasteiger partial charge in [-0.3, -0.25) is 4.31 Å². The van der Waals surface area contributed by atoms with Crippen molar-refractivity contribution < 1.29 is 17.9 Å². The molecule has 1 aliphatic carbocycles. The molecule has 1 saturated carbocycles. The zero-order valence-corrected chi connectivity index (χ0v) is 16.1. The highest BCUT2D eigenvalue weighted by Gasteiger charge is 2.57. The molecular weight excluding hydrogens is 394 g/mol. The van der Waals surface area contributed by atoms with E-state index < -0.39 is 20.7 Å². The summed E-state index contributed by atoms with van der Waals surface area (Å²) in [6.45, 7) is 5.97. The van der Waals surface area contributed by atoms with Gasteiger partial charge in [0, 0.05) is 16.9 Å².